The Kier molecular flexibility index (Phi) is 19.7. The van der Waals surface area contributed by atoms with Crippen molar-refractivity contribution < 1.29 is 24.4 Å². The minimum Gasteiger partial charge on any atom is -0.394 e. The molecule has 0 aromatic heterocycles. The van der Waals surface area contributed by atoms with E-state index in [1.807, 2.05) is 0 Å². The predicted molar refractivity (Wildman–Crippen MR) is 92.5 cm³/mol. The van der Waals surface area contributed by atoms with E-state index in [0.717, 1.165) is 12.8 Å². The summed E-state index contributed by atoms with van der Waals surface area (Å²) in [4.78, 5) is 0. The lowest BCUT2D eigenvalue weighted by molar-refractivity contribution is -0.141. The van der Waals surface area contributed by atoms with Gasteiger partial charge in [0.25, 0.3) is 0 Å². The van der Waals surface area contributed by atoms with E-state index in [0.29, 0.717) is 26.4 Å². The van der Waals surface area contributed by atoms with Gasteiger partial charge in [0.05, 0.1) is 33.0 Å². The smallest absolute Gasteiger partial charge is 0.178 e. The summed E-state index contributed by atoms with van der Waals surface area (Å²) in [7, 11) is 0. The largest absolute Gasteiger partial charge is 0.394 e. The standard InChI is InChI=1S/C18H38O5/c1-2-3-4-5-6-7-8-9-10-11-13-23-18(20)17-22-16-15-21-14-12-19/h18-20H,2-17H2,1H3. The van der Waals surface area contributed by atoms with Gasteiger partial charge in [0.15, 0.2) is 6.29 Å². The average Bonchev–Trinajstić information content (AvgIpc) is 2.56. The minimum absolute atomic E-state index is 0.0184. The Morgan fingerprint density at radius 2 is 1.26 bits per heavy atom. The topological polar surface area (TPSA) is 68.2 Å². The second kappa shape index (κ2) is 19.8. The third kappa shape index (κ3) is 19.8. The highest BCUT2D eigenvalue weighted by Gasteiger charge is 2.03. The lowest BCUT2D eigenvalue weighted by Crippen LogP contribution is -2.21. The lowest BCUT2D eigenvalue weighted by Gasteiger charge is -2.12. The molecule has 0 heterocycles. The number of aliphatic hydroxyl groups is 2. The molecule has 5 nitrogen and oxygen atoms in total. The van der Waals surface area contributed by atoms with Crippen LogP contribution in [0.25, 0.3) is 0 Å². The molecule has 1 atom stereocenters. The number of aliphatic hydroxyl groups excluding tert-OH is 2. The monoisotopic (exact) mass is 334 g/mol. The van der Waals surface area contributed by atoms with Crippen molar-refractivity contribution in [2.75, 3.05) is 39.6 Å². The summed E-state index contributed by atoms with van der Waals surface area (Å²) < 4.78 is 15.5. The van der Waals surface area contributed by atoms with Crippen LogP contribution in [0.2, 0.25) is 0 Å². The van der Waals surface area contributed by atoms with E-state index in [2.05, 4.69) is 6.92 Å². The van der Waals surface area contributed by atoms with Crippen LogP contribution in [0.1, 0.15) is 71.1 Å². The Hall–Kier alpha value is -0.200. The van der Waals surface area contributed by atoms with Crippen molar-refractivity contribution in [2.45, 2.75) is 77.4 Å². The van der Waals surface area contributed by atoms with Crippen molar-refractivity contribution in [3.05, 3.63) is 0 Å². The maximum absolute atomic E-state index is 9.57. The Labute approximate surface area is 142 Å². The molecule has 1 unspecified atom stereocenters. The second-order valence-corrected chi connectivity index (χ2v) is 5.92. The molecule has 0 fully saturated rings. The average molecular weight is 334 g/mol. The van der Waals surface area contributed by atoms with Gasteiger partial charge in [0.2, 0.25) is 0 Å². The maximum Gasteiger partial charge on any atom is 0.178 e. The minimum atomic E-state index is -0.855. The van der Waals surface area contributed by atoms with Crippen LogP contribution in [0.15, 0.2) is 0 Å². The molecule has 140 valence electrons. The van der Waals surface area contributed by atoms with Crippen molar-refractivity contribution in [3.63, 3.8) is 0 Å². The predicted octanol–water partition coefficient (Wildman–Crippen LogP) is 3.27. The van der Waals surface area contributed by atoms with Gasteiger partial charge < -0.3 is 24.4 Å². The summed E-state index contributed by atoms with van der Waals surface area (Å²) in [5.41, 5.74) is 0. The summed E-state index contributed by atoms with van der Waals surface area (Å²) in [6.07, 6.45) is 12.0. The summed E-state index contributed by atoms with van der Waals surface area (Å²) in [5.74, 6) is 0. The zero-order chi connectivity index (χ0) is 17.0. The van der Waals surface area contributed by atoms with Gasteiger partial charge in [0, 0.05) is 6.61 Å². The lowest BCUT2D eigenvalue weighted by atomic mass is 10.1. The molecule has 23 heavy (non-hydrogen) atoms. The molecule has 2 N–H and O–H groups in total. The molecule has 0 bridgehead atoms. The van der Waals surface area contributed by atoms with E-state index in [-0.39, 0.29) is 13.2 Å². The Morgan fingerprint density at radius 1 is 0.696 bits per heavy atom. The number of hydrogen-bond donors (Lipinski definition) is 2. The molecule has 0 saturated heterocycles. The second-order valence-electron chi connectivity index (χ2n) is 5.92. The van der Waals surface area contributed by atoms with Crippen molar-refractivity contribution in [3.8, 4) is 0 Å². The first-order chi connectivity index (χ1) is 11.3. The van der Waals surface area contributed by atoms with Crippen molar-refractivity contribution in [1.82, 2.24) is 0 Å². The van der Waals surface area contributed by atoms with Gasteiger partial charge >= 0.3 is 0 Å². The molecule has 5 heteroatoms. The molecule has 0 aromatic rings. The van der Waals surface area contributed by atoms with E-state index in [1.54, 1.807) is 0 Å². The first kappa shape index (κ1) is 22.8. The fourth-order valence-electron chi connectivity index (χ4n) is 2.33. The van der Waals surface area contributed by atoms with E-state index in [9.17, 15) is 5.11 Å². The number of hydrogen-bond acceptors (Lipinski definition) is 5. The van der Waals surface area contributed by atoms with Crippen LogP contribution in [0, 0.1) is 0 Å². The summed E-state index contributed by atoms with van der Waals surface area (Å²) in [6.45, 7) is 4.16. The maximum atomic E-state index is 9.57. The molecule has 0 aliphatic carbocycles. The molecule has 0 aliphatic heterocycles. The number of rotatable bonds is 19. The van der Waals surface area contributed by atoms with E-state index in [4.69, 9.17) is 19.3 Å². The molecular weight excluding hydrogens is 296 g/mol. The quantitative estimate of drug-likeness (QED) is 0.280. The van der Waals surface area contributed by atoms with Gasteiger partial charge in [-0.25, -0.2) is 0 Å². The first-order valence-electron chi connectivity index (χ1n) is 9.37. The van der Waals surface area contributed by atoms with Gasteiger partial charge in [-0.1, -0.05) is 64.7 Å². The van der Waals surface area contributed by atoms with Crippen molar-refractivity contribution in [1.29, 1.82) is 0 Å². The Morgan fingerprint density at radius 3 is 1.87 bits per heavy atom. The summed E-state index contributed by atoms with van der Waals surface area (Å²) in [6, 6.07) is 0. The molecule has 0 aliphatic rings. The van der Waals surface area contributed by atoms with Crippen LogP contribution in [0.3, 0.4) is 0 Å². The summed E-state index contributed by atoms with van der Waals surface area (Å²) >= 11 is 0. The zero-order valence-electron chi connectivity index (χ0n) is 15.0. The third-order valence-corrected chi connectivity index (χ3v) is 3.68. The van der Waals surface area contributed by atoms with Crippen LogP contribution in [0.5, 0.6) is 0 Å². The first-order valence-corrected chi connectivity index (χ1v) is 9.37. The summed E-state index contributed by atoms with van der Waals surface area (Å²) in [5, 5.41) is 18.1. The molecule has 0 radical (unpaired) electrons. The van der Waals surface area contributed by atoms with Gasteiger partial charge in [-0.05, 0) is 6.42 Å². The van der Waals surface area contributed by atoms with Crippen molar-refractivity contribution >= 4 is 0 Å². The van der Waals surface area contributed by atoms with E-state index in [1.165, 1.54) is 51.4 Å². The van der Waals surface area contributed by atoms with Crippen molar-refractivity contribution in [2.24, 2.45) is 0 Å². The molecular formula is C18H38O5. The van der Waals surface area contributed by atoms with Crippen LogP contribution in [-0.2, 0) is 14.2 Å². The molecule has 0 saturated carbocycles. The highest BCUT2D eigenvalue weighted by Crippen LogP contribution is 2.10. The van der Waals surface area contributed by atoms with Gasteiger partial charge in [-0.3, -0.25) is 0 Å². The molecule has 0 amide bonds. The number of ether oxygens (including phenoxy) is 3. The molecule has 0 rings (SSSR count). The van der Waals surface area contributed by atoms with E-state index < -0.39 is 6.29 Å². The van der Waals surface area contributed by atoms with Gasteiger partial charge in [0.1, 0.15) is 0 Å². The van der Waals surface area contributed by atoms with Crippen LogP contribution in [0.4, 0.5) is 0 Å². The normalized spacial score (nSPS) is 12.7. The van der Waals surface area contributed by atoms with Crippen LogP contribution in [-0.4, -0.2) is 56.1 Å². The van der Waals surface area contributed by atoms with Crippen LogP contribution < -0.4 is 0 Å². The SMILES string of the molecule is CCCCCCCCCCCCOC(O)COCCOCCO. The fraction of sp³-hybridized carbons (Fsp3) is 1.00. The van der Waals surface area contributed by atoms with Crippen LogP contribution >= 0.6 is 0 Å². The van der Waals surface area contributed by atoms with Gasteiger partial charge in [-0.2, -0.15) is 0 Å². The Balaban J connectivity index is 3.10. The molecule has 0 aromatic carbocycles. The van der Waals surface area contributed by atoms with Gasteiger partial charge in [-0.15, -0.1) is 0 Å². The third-order valence-electron chi connectivity index (χ3n) is 3.68. The highest BCUT2D eigenvalue weighted by atomic mass is 16.6. The Bertz CT molecular complexity index is 214. The zero-order valence-corrected chi connectivity index (χ0v) is 15.0. The number of unbranched alkanes of at least 4 members (excludes halogenated alkanes) is 9. The molecule has 0 spiro atoms. The van der Waals surface area contributed by atoms with E-state index >= 15 is 0 Å². The highest BCUT2D eigenvalue weighted by molar-refractivity contribution is 4.48. The fourth-order valence-corrected chi connectivity index (χ4v) is 2.33.